The molecule has 0 saturated carbocycles. The Labute approximate surface area is 89.1 Å². The molecule has 1 unspecified atom stereocenters. The van der Waals surface area contributed by atoms with Crippen LogP contribution in [0.2, 0.25) is 0 Å². The molecule has 0 amide bonds. The molecule has 4 heteroatoms. The minimum Gasteiger partial charge on any atom is -0.360 e. The molecule has 1 atom stereocenters. The van der Waals surface area contributed by atoms with E-state index in [9.17, 15) is 0 Å². The van der Waals surface area contributed by atoms with Crippen molar-refractivity contribution < 1.29 is 0 Å². The van der Waals surface area contributed by atoms with E-state index < -0.39 is 0 Å². The molecule has 2 rings (SSSR count). The Morgan fingerprint density at radius 3 is 3.36 bits per heavy atom. The van der Waals surface area contributed by atoms with Gasteiger partial charge < -0.3 is 5.32 Å². The summed E-state index contributed by atoms with van der Waals surface area (Å²) in [5.74, 6) is 0. The Kier molecular flexibility index (Phi) is 3.37. The molecule has 1 aliphatic heterocycles. The summed E-state index contributed by atoms with van der Waals surface area (Å²) in [5, 5.41) is 6.45. The molecule has 0 aliphatic carbocycles. The molecule has 1 aliphatic rings. The second-order valence-corrected chi connectivity index (χ2v) is 4.54. The molecule has 78 valence electrons. The molecule has 1 aromatic heterocycles. The van der Waals surface area contributed by atoms with Crippen LogP contribution < -0.4 is 5.32 Å². The molecule has 0 aromatic carbocycles. The monoisotopic (exact) mass is 211 g/mol. The number of nitrogens with one attached hydrogen (secondary N) is 1. The summed E-state index contributed by atoms with van der Waals surface area (Å²) < 4.78 is 0. The average Bonchev–Trinajstić information content (AvgIpc) is 2.85. The number of likely N-dealkylation sites (N-methyl/N-ethyl adjacent to an activating group) is 1. The van der Waals surface area contributed by atoms with Crippen molar-refractivity contribution in [2.24, 2.45) is 0 Å². The number of likely N-dealkylation sites (tertiary alicyclic amines) is 1. The van der Waals surface area contributed by atoms with Crippen molar-refractivity contribution in [2.75, 3.05) is 25.0 Å². The highest BCUT2D eigenvalue weighted by atomic mass is 32.1. The maximum absolute atomic E-state index is 4.22. The predicted octanol–water partition coefficient (Wildman–Crippen LogP) is 2.04. The Morgan fingerprint density at radius 2 is 2.64 bits per heavy atom. The normalized spacial score (nSPS) is 22.8. The molecule has 1 fully saturated rings. The SMILES string of the molecule is CCN1CCCC1CNc1nccs1. The number of hydrogen-bond donors (Lipinski definition) is 1. The van der Waals surface area contributed by atoms with E-state index in [1.165, 1.54) is 25.9 Å². The van der Waals surface area contributed by atoms with E-state index in [0.717, 1.165) is 11.7 Å². The first kappa shape index (κ1) is 9.93. The molecular weight excluding hydrogens is 194 g/mol. The van der Waals surface area contributed by atoms with E-state index in [0.29, 0.717) is 6.04 Å². The minimum atomic E-state index is 0.712. The van der Waals surface area contributed by atoms with Gasteiger partial charge in [0.1, 0.15) is 0 Å². The van der Waals surface area contributed by atoms with Crippen molar-refractivity contribution in [1.29, 1.82) is 0 Å². The Bertz CT molecular complexity index is 260. The Morgan fingerprint density at radius 1 is 1.71 bits per heavy atom. The van der Waals surface area contributed by atoms with Crippen molar-refractivity contribution in [2.45, 2.75) is 25.8 Å². The van der Waals surface area contributed by atoms with Crippen molar-refractivity contribution >= 4 is 16.5 Å². The lowest BCUT2D eigenvalue weighted by Gasteiger charge is -2.22. The zero-order valence-electron chi connectivity index (χ0n) is 8.57. The van der Waals surface area contributed by atoms with Gasteiger partial charge in [-0.15, -0.1) is 11.3 Å². The van der Waals surface area contributed by atoms with Gasteiger partial charge in [0.2, 0.25) is 0 Å². The molecule has 3 nitrogen and oxygen atoms in total. The molecular formula is C10H17N3S. The first-order valence-corrected chi connectivity index (χ1v) is 6.15. The van der Waals surface area contributed by atoms with Crippen LogP contribution in [0.3, 0.4) is 0 Å². The van der Waals surface area contributed by atoms with Crippen LogP contribution in [0, 0.1) is 0 Å². The molecule has 0 spiro atoms. The zero-order chi connectivity index (χ0) is 9.80. The average molecular weight is 211 g/mol. The summed E-state index contributed by atoms with van der Waals surface area (Å²) in [6.45, 7) is 5.72. The molecule has 1 N–H and O–H groups in total. The quantitative estimate of drug-likeness (QED) is 0.826. The van der Waals surface area contributed by atoms with E-state index >= 15 is 0 Å². The van der Waals surface area contributed by atoms with Gasteiger partial charge in [-0.3, -0.25) is 4.90 Å². The fourth-order valence-corrected chi connectivity index (χ4v) is 2.60. The highest BCUT2D eigenvalue weighted by molar-refractivity contribution is 7.13. The number of anilines is 1. The van der Waals surface area contributed by atoms with E-state index in [2.05, 4.69) is 22.1 Å². The van der Waals surface area contributed by atoms with Gasteiger partial charge in [-0.05, 0) is 25.9 Å². The number of aromatic nitrogens is 1. The molecule has 2 heterocycles. The number of nitrogens with zero attached hydrogens (tertiary/aromatic N) is 2. The van der Waals surface area contributed by atoms with Crippen LogP contribution >= 0.6 is 11.3 Å². The smallest absolute Gasteiger partial charge is 0.182 e. The summed E-state index contributed by atoms with van der Waals surface area (Å²) >= 11 is 1.67. The third-order valence-corrected chi connectivity index (χ3v) is 3.56. The number of hydrogen-bond acceptors (Lipinski definition) is 4. The lowest BCUT2D eigenvalue weighted by Crippen LogP contribution is -2.34. The number of rotatable bonds is 4. The predicted molar refractivity (Wildman–Crippen MR) is 60.9 cm³/mol. The van der Waals surface area contributed by atoms with Crippen molar-refractivity contribution in [1.82, 2.24) is 9.88 Å². The second kappa shape index (κ2) is 4.75. The summed E-state index contributed by atoms with van der Waals surface area (Å²) in [6, 6.07) is 0.712. The Balaban J connectivity index is 1.80. The third-order valence-electron chi connectivity index (χ3n) is 2.83. The van der Waals surface area contributed by atoms with Crippen molar-refractivity contribution in [3.63, 3.8) is 0 Å². The largest absolute Gasteiger partial charge is 0.360 e. The van der Waals surface area contributed by atoms with E-state index in [1.807, 2.05) is 11.6 Å². The van der Waals surface area contributed by atoms with Gasteiger partial charge in [-0.25, -0.2) is 4.98 Å². The van der Waals surface area contributed by atoms with E-state index in [4.69, 9.17) is 0 Å². The van der Waals surface area contributed by atoms with E-state index in [-0.39, 0.29) is 0 Å². The summed E-state index contributed by atoms with van der Waals surface area (Å²) in [5.41, 5.74) is 0. The Hall–Kier alpha value is -0.610. The van der Waals surface area contributed by atoms with Gasteiger partial charge in [-0.1, -0.05) is 6.92 Å². The fourth-order valence-electron chi connectivity index (χ4n) is 2.06. The zero-order valence-corrected chi connectivity index (χ0v) is 9.39. The van der Waals surface area contributed by atoms with Crippen LogP contribution in [0.1, 0.15) is 19.8 Å². The van der Waals surface area contributed by atoms with Crippen LogP contribution in [0.15, 0.2) is 11.6 Å². The number of thiazole rings is 1. The highest BCUT2D eigenvalue weighted by Gasteiger charge is 2.22. The van der Waals surface area contributed by atoms with Crippen LogP contribution in [0.5, 0.6) is 0 Å². The van der Waals surface area contributed by atoms with E-state index in [1.54, 1.807) is 11.3 Å². The third kappa shape index (κ3) is 2.25. The molecule has 1 aromatic rings. The second-order valence-electron chi connectivity index (χ2n) is 3.64. The van der Waals surface area contributed by atoms with Gasteiger partial charge >= 0.3 is 0 Å². The lowest BCUT2D eigenvalue weighted by molar-refractivity contribution is 0.277. The molecule has 1 saturated heterocycles. The standard InChI is InChI=1S/C10H17N3S/c1-2-13-6-3-4-9(13)8-12-10-11-5-7-14-10/h5,7,9H,2-4,6,8H2,1H3,(H,11,12). The topological polar surface area (TPSA) is 28.2 Å². The summed E-state index contributed by atoms with van der Waals surface area (Å²) in [6.07, 6.45) is 4.52. The van der Waals surface area contributed by atoms with Gasteiger partial charge in [-0.2, -0.15) is 0 Å². The van der Waals surface area contributed by atoms with Crippen LogP contribution in [0.25, 0.3) is 0 Å². The maximum atomic E-state index is 4.22. The summed E-state index contributed by atoms with van der Waals surface area (Å²) in [7, 11) is 0. The van der Waals surface area contributed by atoms with Crippen molar-refractivity contribution in [3.05, 3.63) is 11.6 Å². The maximum Gasteiger partial charge on any atom is 0.182 e. The fraction of sp³-hybridized carbons (Fsp3) is 0.700. The first-order chi connectivity index (χ1) is 6.90. The lowest BCUT2D eigenvalue weighted by atomic mass is 10.2. The van der Waals surface area contributed by atoms with Crippen LogP contribution in [0.4, 0.5) is 5.13 Å². The van der Waals surface area contributed by atoms with Gasteiger partial charge in [0.25, 0.3) is 0 Å². The van der Waals surface area contributed by atoms with Gasteiger partial charge in [0.05, 0.1) is 0 Å². The van der Waals surface area contributed by atoms with Crippen molar-refractivity contribution in [3.8, 4) is 0 Å². The minimum absolute atomic E-state index is 0.712. The molecule has 14 heavy (non-hydrogen) atoms. The van der Waals surface area contributed by atoms with Gasteiger partial charge in [0.15, 0.2) is 5.13 Å². The summed E-state index contributed by atoms with van der Waals surface area (Å²) in [4.78, 5) is 6.76. The van der Waals surface area contributed by atoms with Crippen LogP contribution in [-0.2, 0) is 0 Å². The highest BCUT2D eigenvalue weighted by Crippen LogP contribution is 2.18. The van der Waals surface area contributed by atoms with Crippen LogP contribution in [-0.4, -0.2) is 35.6 Å². The molecule has 0 bridgehead atoms. The first-order valence-electron chi connectivity index (χ1n) is 5.27. The molecule has 0 radical (unpaired) electrons. The van der Waals surface area contributed by atoms with Gasteiger partial charge in [0, 0.05) is 24.2 Å².